The summed E-state index contributed by atoms with van der Waals surface area (Å²) in [6.07, 6.45) is 7.30. The summed E-state index contributed by atoms with van der Waals surface area (Å²) in [5.41, 5.74) is 13.4. The monoisotopic (exact) mass is 584 g/mol. The maximum absolute atomic E-state index is 12.9. The van der Waals surface area contributed by atoms with E-state index in [-0.39, 0.29) is 10.9 Å². The number of rotatable bonds is 6. The number of benzene rings is 2. The molecule has 2 atom stereocenters. The first-order valence-electron chi connectivity index (χ1n) is 14.8. The van der Waals surface area contributed by atoms with Crippen molar-refractivity contribution < 1.29 is 13.2 Å². The molecule has 4 heterocycles. The number of aryl methyl sites for hydroxylation is 1. The standard InChI is InChI=1S/C32H36N6O3S/c33-23-12-15-38(20-23)32-26-3-1-2-4-28(26)37-29-10-5-21(17-27(29)32)22-11-13-35-30(18-22)36-24-6-8-25(9-7-24)42(39,40)31-19-34-14-16-41-31/h5-11,13,17-18,23,31,34H,1-4,12,14-16,19-20,33H2,(H,35,36)/t23?,31-/m1/s1. The van der Waals surface area contributed by atoms with Gasteiger partial charge in [0.1, 0.15) is 5.82 Å². The molecule has 2 saturated heterocycles. The number of hydrogen-bond acceptors (Lipinski definition) is 9. The molecule has 0 saturated carbocycles. The number of morpholine rings is 1. The molecule has 218 valence electrons. The fourth-order valence-electron chi connectivity index (χ4n) is 6.38. The van der Waals surface area contributed by atoms with Gasteiger partial charge in [-0.05, 0) is 97.3 Å². The molecular weight excluding hydrogens is 548 g/mol. The molecule has 0 spiro atoms. The fraction of sp³-hybridized carbons (Fsp3) is 0.375. The predicted octanol–water partition coefficient (Wildman–Crippen LogP) is 4.18. The summed E-state index contributed by atoms with van der Waals surface area (Å²) in [5.74, 6) is 0.678. The highest BCUT2D eigenvalue weighted by molar-refractivity contribution is 7.92. The Kier molecular flexibility index (Phi) is 7.31. The summed E-state index contributed by atoms with van der Waals surface area (Å²) < 4.78 is 31.4. The van der Waals surface area contributed by atoms with E-state index in [4.69, 9.17) is 15.5 Å². The number of aromatic nitrogens is 2. The Bertz CT molecular complexity index is 1720. The molecule has 1 aliphatic carbocycles. The lowest BCUT2D eigenvalue weighted by molar-refractivity contribution is 0.0785. The first-order valence-corrected chi connectivity index (χ1v) is 16.4. The van der Waals surface area contributed by atoms with E-state index in [0.29, 0.717) is 25.5 Å². The van der Waals surface area contributed by atoms with Crippen LogP contribution in [0.15, 0.2) is 65.7 Å². The van der Waals surface area contributed by atoms with Crippen molar-refractivity contribution in [2.45, 2.75) is 48.5 Å². The van der Waals surface area contributed by atoms with Crippen LogP contribution in [-0.4, -0.2) is 62.6 Å². The van der Waals surface area contributed by atoms with Crippen LogP contribution in [0.4, 0.5) is 17.2 Å². The lowest BCUT2D eigenvalue weighted by Crippen LogP contribution is -2.42. The van der Waals surface area contributed by atoms with Gasteiger partial charge in [-0.3, -0.25) is 4.98 Å². The molecule has 0 bridgehead atoms. The van der Waals surface area contributed by atoms with Gasteiger partial charge in [0.25, 0.3) is 0 Å². The van der Waals surface area contributed by atoms with Gasteiger partial charge in [-0.2, -0.15) is 0 Å². The van der Waals surface area contributed by atoms with Crippen molar-refractivity contribution in [3.8, 4) is 11.1 Å². The molecule has 4 aromatic rings. The molecule has 10 heteroatoms. The molecular formula is C32H36N6O3S. The summed E-state index contributed by atoms with van der Waals surface area (Å²) in [6, 6.07) is 17.5. The van der Waals surface area contributed by atoms with E-state index < -0.39 is 15.3 Å². The van der Waals surface area contributed by atoms with Gasteiger partial charge >= 0.3 is 0 Å². The number of fused-ring (bicyclic) bond motifs is 2. The Morgan fingerprint density at radius 1 is 1.02 bits per heavy atom. The van der Waals surface area contributed by atoms with Crippen LogP contribution in [0.5, 0.6) is 0 Å². The zero-order valence-corrected chi connectivity index (χ0v) is 24.4. The summed E-state index contributed by atoms with van der Waals surface area (Å²) in [7, 11) is -3.57. The molecule has 0 amide bonds. The van der Waals surface area contributed by atoms with Gasteiger partial charge < -0.3 is 26.0 Å². The van der Waals surface area contributed by atoms with E-state index in [1.807, 2.05) is 12.1 Å². The number of hydrogen-bond donors (Lipinski definition) is 3. The second kappa shape index (κ2) is 11.3. The Morgan fingerprint density at radius 2 is 1.86 bits per heavy atom. The van der Waals surface area contributed by atoms with Crippen LogP contribution in [0.2, 0.25) is 0 Å². The Morgan fingerprint density at radius 3 is 2.64 bits per heavy atom. The van der Waals surface area contributed by atoms with Crippen LogP contribution >= 0.6 is 0 Å². The third-order valence-electron chi connectivity index (χ3n) is 8.56. The molecule has 0 radical (unpaired) electrons. The number of nitrogens with zero attached hydrogens (tertiary/aromatic N) is 3. The Hall–Kier alpha value is -3.57. The average molecular weight is 585 g/mol. The van der Waals surface area contributed by atoms with E-state index in [1.165, 1.54) is 35.2 Å². The average Bonchev–Trinajstić information content (AvgIpc) is 3.46. The van der Waals surface area contributed by atoms with Crippen LogP contribution in [0.1, 0.15) is 30.5 Å². The van der Waals surface area contributed by atoms with Crippen molar-refractivity contribution >= 4 is 37.9 Å². The topological polar surface area (TPSA) is 122 Å². The van der Waals surface area contributed by atoms with Crippen LogP contribution in [-0.2, 0) is 27.4 Å². The molecule has 9 nitrogen and oxygen atoms in total. The maximum atomic E-state index is 12.9. The van der Waals surface area contributed by atoms with Crippen molar-refractivity contribution in [3.63, 3.8) is 0 Å². The molecule has 42 heavy (non-hydrogen) atoms. The van der Waals surface area contributed by atoms with Crippen LogP contribution in [0.3, 0.4) is 0 Å². The molecule has 2 fully saturated rings. The predicted molar refractivity (Wildman–Crippen MR) is 166 cm³/mol. The Labute approximate surface area is 246 Å². The molecule has 1 unspecified atom stereocenters. The van der Waals surface area contributed by atoms with Gasteiger partial charge in [-0.25, -0.2) is 13.4 Å². The van der Waals surface area contributed by atoms with Gasteiger partial charge in [-0.15, -0.1) is 0 Å². The number of nitrogens with one attached hydrogen (secondary N) is 2. The highest BCUT2D eigenvalue weighted by Gasteiger charge is 2.30. The van der Waals surface area contributed by atoms with Gasteiger partial charge in [0.15, 0.2) is 5.44 Å². The fourth-order valence-corrected chi connectivity index (χ4v) is 7.81. The number of ether oxygens (including phenoxy) is 1. The normalized spacial score (nSPS) is 20.9. The minimum atomic E-state index is -3.57. The zero-order valence-electron chi connectivity index (χ0n) is 23.6. The molecule has 7 rings (SSSR count). The summed E-state index contributed by atoms with van der Waals surface area (Å²) in [4.78, 5) is 12.3. The quantitative estimate of drug-likeness (QED) is 0.306. The SMILES string of the molecule is NC1CCN(c2c3c(nc4ccc(-c5ccnc(Nc6ccc(S(=O)(=O)[C@@H]7CNCCO7)cc6)c5)cc24)CCCC3)C1. The number of anilines is 3. The maximum Gasteiger partial charge on any atom is 0.206 e. The van der Waals surface area contributed by atoms with E-state index >= 15 is 0 Å². The van der Waals surface area contributed by atoms with Gasteiger partial charge in [0.2, 0.25) is 9.84 Å². The number of sulfone groups is 1. The van der Waals surface area contributed by atoms with E-state index in [0.717, 1.165) is 54.7 Å². The number of nitrogens with two attached hydrogens (primary N) is 1. The smallest absolute Gasteiger partial charge is 0.206 e. The first kappa shape index (κ1) is 27.3. The third-order valence-corrected chi connectivity index (χ3v) is 10.5. The Balaban J connectivity index is 1.17. The third kappa shape index (κ3) is 5.24. The highest BCUT2D eigenvalue weighted by atomic mass is 32.2. The molecule has 2 aromatic heterocycles. The van der Waals surface area contributed by atoms with E-state index in [9.17, 15) is 8.42 Å². The van der Waals surface area contributed by atoms with E-state index in [2.05, 4.69) is 38.7 Å². The summed E-state index contributed by atoms with van der Waals surface area (Å²) in [5, 5.41) is 7.59. The van der Waals surface area contributed by atoms with Crippen molar-refractivity contribution in [2.75, 3.05) is 43.0 Å². The second-order valence-corrected chi connectivity index (χ2v) is 13.5. The van der Waals surface area contributed by atoms with Gasteiger partial charge in [0.05, 0.1) is 22.7 Å². The molecule has 3 aliphatic rings. The zero-order chi connectivity index (χ0) is 28.7. The lowest BCUT2D eigenvalue weighted by Gasteiger charge is -2.28. The van der Waals surface area contributed by atoms with Crippen LogP contribution in [0.25, 0.3) is 22.0 Å². The lowest BCUT2D eigenvalue weighted by atomic mass is 9.91. The van der Waals surface area contributed by atoms with Gasteiger partial charge in [0, 0.05) is 55.2 Å². The minimum Gasteiger partial charge on any atom is -0.369 e. The van der Waals surface area contributed by atoms with Gasteiger partial charge in [-0.1, -0.05) is 6.07 Å². The van der Waals surface area contributed by atoms with Crippen molar-refractivity contribution in [3.05, 3.63) is 72.1 Å². The highest BCUT2D eigenvalue weighted by Crippen LogP contribution is 2.39. The summed E-state index contributed by atoms with van der Waals surface area (Å²) >= 11 is 0. The largest absolute Gasteiger partial charge is 0.369 e. The van der Waals surface area contributed by atoms with Crippen molar-refractivity contribution in [2.24, 2.45) is 5.73 Å². The second-order valence-electron chi connectivity index (χ2n) is 11.4. The molecule has 2 aromatic carbocycles. The van der Waals surface area contributed by atoms with Crippen molar-refractivity contribution in [1.82, 2.24) is 15.3 Å². The van der Waals surface area contributed by atoms with Crippen molar-refractivity contribution in [1.29, 1.82) is 0 Å². The molecule has 2 aliphatic heterocycles. The minimum absolute atomic E-state index is 0.205. The first-order chi connectivity index (χ1) is 20.5. The summed E-state index contributed by atoms with van der Waals surface area (Å²) in [6.45, 7) is 3.19. The number of pyridine rings is 2. The van der Waals surface area contributed by atoms with E-state index in [1.54, 1.807) is 30.5 Å². The molecule has 4 N–H and O–H groups in total. The van der Waals surface area contributed by atoms with Crippen LogP contribution in [0, 0.1) is 0 Å². The van der Waals surface area contributed by atoms with Crippen LogP contribution < -0.4 is 21.3 Å².